The second kappa shape index (κ2) is 5.10. The Morgan fingerprint density at radius 3 is 3.10 bits per heavy atom. The van der Waals surface area contributed by atoms with E-state index in [2.05, 4.69) is 20.5 Å². The van der Waals surface area contributed by atoms with E-state index < -0.39 is 0 Å². The third kappa shape index (κ3) is 2.24. The molecule has 6 nitrogen and oxygen atoms in total. The topological polar surface area (TPSA) is 96.7 Å². The van der Waals surface area contributed by atoms with Crippen molar-refractivity contribution >= 4 is 22.5 Å². The Balaban J connectivity index is 1.90. The number of hydrogen-bond donors (Lipinski definition) is 3. The summed E-state index contributed by atoms with van der Waals surface area (Å²) in [5, 5.41) is 10.6. The average Bonchev–Trinajstić information content (AvgIpc) is 2.97. The first-order chi connectivity index (χ1) is 9.78. The highest BCUT2D eigenvalue weighted by atomic mass is 16.1. The largest absolute Gasteiger partial charge is 0.325 e. The number of hydrogen-bond acceptors (Lipinski definition) is 4. The molecule has 6 heteroatoms. The van der Waals surface area contributed by atoms with Gasteiger partial charge >= 0.3 is 0 Å². The number of carbonyl (C=O) groups is 1. The summed E-state index contributed by atoms with van der Waals surface area (Å²) in [6.45, 7) is 0.303. The maximum Gasteiger partial charge on any atom is 0.255 e. The van der Waals surface area contributed by atoms with Crippen LogP contribution in [0.4, 0.5) is 5.69 Å². The number of anilines is 1. The maximum atomic E-state index is 12.2. The van der Waals surface area contributed by atoms with E-state index in [1.54, 1.807) is 24.5 Å². The molecule has 0 aliphatic heterocycles. The lowest BCUT2D eigenvalue weighted by Crippen LogP contribution is -2.13. The van der Waals surface area contributed by atoms with Gasteiger partial charge in [-0.1, -0.05) is 12.1 Å². The number of nitrogens with zero attached hydrogens (tertiary/aromatic N) is 2. The monoisotopic (exact) mass is 267 g/mol. The summed E-state index contributed by atoms with van der Waals surface area (Å²) < 4.78 is 0. The molecule has 20 heavy (non-hydrogen) atoms. The molecule has 0 saturated carbocycles. The minimum Gasteiger partial charge on any atom is -0.325 e. The van der Waals surface area contributed by atoms with Gasteiger partial charge in [0.25, 0.3) is 5.91 Å². The van der Waals surface area contributed by atoms with Gasteiger partial charge in [-0.3, -0.25) is 14.9 Å². The third-order valence-corrected chi connectivity index (χ3v) is 3.01. The molecule has 1 amide bonds. The first-order valence-corrected chi connectivity index (χ1v) is 6.16. The molecule has 3 aromatic rings. The van der Waals surface area contributed by atoms with Crippen LogP contribution in [0.3, 0.4) is 0 Å². The Morgan fingerprint density at radius 2 is 2.25 bits per heavy atom. The normalized spacial score (nSPS) is 10.7. The molecule has 0 aliphatic carbocycles. The fourth-order valence-electron chi connectivity index (χ4n) is 2.00. The minimum atomic E-state index is -0.204. The summed E-state index contributed by atoms with van der Waals surface area (Å²) in [7, 11) is 0. The van der Waals surface area contributed by atoms with Crippen molar-refractivity contribution in [1.82, 2.24) is 15.2 Å². The summed E-state index contributed by atoms with van der Waals surface area (Å²) in [5.41, 5.74) is 8.22. The Bertz CT molecular complexity index is 765. The zero-order chi connectivity index (χ0) is 13.9. The van der Waals surface area contributed by atoms with Crippen molar-refractivity contribution in [1.29, 1.82) is 0 Å². The van der Waals surface area contributed by atoms with Crippen molar-refractivity contribution in [2.75, 3.05) is 5.32 Å². The van der Waals surface area contributed by atoms with Crippen LogP contribution in [0, 0.1) is 0 Å². The summed E-state index contributed by atoms with van der Waals surface area (Å²) >= 11 is 0. The molecular formula is C14H13N5O. The highest BCUT2D eigenvalue weighted by molar-refractivity contribution is 6.08. The van der Waals surface area contributed by atoms with Gasteiger partial charge in [0.15, 0.2) is 0 Å². The second-order valence-electron chi connectivity index (χ2n) is 4.33. The van der Waals surface area contributed by atoms with Gasteiger partial charge in [-0.05, 0) is 18.2 Å². The average molecular weight is 267 g/mol. The van der Waals surface area contributed by atoms with E-state index in [9.17, 15) is 4.79 Å². The zero-order valence-electron chi connectivity index (χ0n) is 10.6. The van der Waals surface area contributed by atoms with Crippen molar-refractivity contribution in [2.45, 2.75) is 6.54 Å². The lowest BCUT2D eigenvalue weighted by molar-refractivity contribution is 0.102. The van der Waals surface area contributed by atoms with Gasteiger partial charge < -0.3 is 11.1 Å². The number of para-hydroxylation sites is 1. The molecule has 100 valence electrons. The van der Waals surface area contributed by atoms with Crippen LogP contribution in [-0.4, -0.2) is 21.1 Å². The molecule has 4 N–H and O–H groups in total. The lowest BCUT2D eigenvalue weighted by Gasteiger charge is -2.07. The van der Waals surface area contributed by atoms with Gasteiger partial charge in [-0.15, -0.1) is 0 Å². The van der Waals surface area contributed by atoms with E-state index in [1.807, 2.05) is 18.2 Å². The molecule has 0 bridgehead atoms. The van der Waals surface area contributed by atoms with E-state index in [0.29, 0.717) is 23.5 Å². The van der Waals surface area contributed by atoms with Crippen LogP contribution < -0.4 is 11.1 Å². The zero-order valence-corrected chi connectivity index (χ0v) is 10.6. The van der Waals surface area contributed by atoms with E-state index >= 15 is 0 Å². The Kier molecular flexibility index (Phi) is 3.14. The standard InChI is InChI=1S/C14H13N5O/c15-7-11-6-9(4-5-16-11)14(20)18-12-3-1-2-10-8-17-19-13(10)12/h1-6,8H,7,15H2,(H,17,19)(H,18,20). The number of pyridine rings is 1. The van der Waals surface area contributed by atoms with Crippen molar-refractivity contribution in [2.24, 2.45) is 5.73 Å². The van der Waals surface area contributed by atoms with Crippen LogP contribution in [0.1, 0.15) is 16.1 Å². The quantitative estimate of drug-likeness (QED) is 0.672. The van der Waals surface area contributed by atoms with Crippen molar-refractivity contribution in [3.05, 3.63) is 54.0 Å². The molecule has 0 aliphatic rings. The molecule has 0 fully saturated rings. The summed E-state index contributed by atoms with van der Waals surface area (Å²) in [6, 6.07) is 8.95. The van der Waals surface area contributed by atoms with Crippen molar-refractivity contribution in [3.8, 4) is 0 Å². The molecule has 2 heterocycles. The van der Waals surface area contributed by atoms with Crippen LogP contribution in [-0.2, 0) is 6.54 Å². The highest BCUT2D eigenvalue weighted by Gasteiger charge is 2.09. The smallest absolute Gasteiger partial charge is 0.255 e. The van der Waals surface area contributed by atoms with Gasteiger partial charge in [-0.2, -0.15) is 5.10 Å². The summed E-state index contributed by atoms with van der Waals surface area (Å²) in [4.78, 5) is 16.3. The van der Waals surface area contributed by atoms with Crippen LogP contribution in [0.15, 0.2) is 42.7 Å². The van der Waals surface area contributed by atoms with Gasteiger partial charge in [0.05, 0.1) is 23.1 Å². The third-order valence-electron chi connectivity index (χ3n) is 3.01. The first kappa shape index (κ1) is 12.3. The summed E-state index contributed by atoms with van der Waals surface area (Å²) in [5.74, 6) is -0.204. The van der Waals surface area contributed by atoms with E-state index in [-0.39, 0.29) is 5.91 Å². The minimum absolute atomic E-state index is 0.204. The second-order valence-corrected chi connectivity index (χ2v) is 4.33. The van der Waals surface area contributed by atoms with Gasteiger partial charge in [0.1, 0.15) is 0 Å². The molecule has 3 rings (SSSR count). The number of aromatic amines is 1. The number of amides is 1. The van der Waals surface area contributed by atoms with Crippen molar-refractivity contribution in [3.63, 3.8) is 0 Å². The number of H-pyrrole nitrogens is 1. The molecule has 0 atom stereocenters. The number of nitrogens with two attached hydrogens (primary N) is 1. The van der Waals surface area contributed by atoms with E-state index in [1.165, 1.54) is 0 Å². The van der Waals surface area contributed by atoms with Gasteiger partial charge in [-0.25, -0.2) is 0 Å². The van der Waals surface area contributed by atoms with Crippen LogP contribution in [0.25, 0.3) is 10.9 Å². The van der Waals surface area contributed by atoms with Gasteiger partial charge in [0.2, 0.25) is 0 Å². The molecule has 0 saturated heterocycles. The fourth-order valence-corrected chi connectivity index (χ4v) is 2.00. The number of benzene rings is 1. The summed E-state index contributed by atoms with van der Waals surface area (Å²) in [6.07, 6.45) is 3.29. The first-order valence-electron chi connectivity index (χ1n) is 6.16. The predicted molar refractivity (Wildman–Crippen MR) is 76.2 cm³/mol. The number of nitrogens with one attached hydrogen (secondary N) is 2. The molecular weight excluding hydrogens is 254 g/mol. The Hall–Kier alpha value is -2.73. The lowest BCUT2D eigenvalue weighted by atomic mass is 10.2. The van der Waals surface area contributed by atoms with Crippen LogP contribution in [0.5, 0.6) is 0 Å². The highest BCUT2D eigenvalue weighted by Crippen LogP contribution is 2.21. The van der Waals surface area contributed by atoms with Crippen molar-refractivity contribution < 1.29 is 4.79 Å². The molecule has 1 aromatic carbocycles. The van der Waals surface area contributed by atoms with Crippen LogP contribution >= 0.6 is 0 Å². The SMILES string of the molecule is NCc1cc(C(=O)Nc2cccc3cn[nH]c23)ccn1. The van der Waals surface area contributed by atoms with Crippen LogP contribution in [0.2, 0.25) is 0 Å². The number of aromatic nitrogens is 3. The number of fused-ring (bicyclic) bond motifs is 1. The Morgan fingerprint density at radius 1 is 1.35 bits per heavy atom. The van der Waals surface area contributed by atoms with E-state index in [4.69, 9.17) is 5.73 Å². The van der Waals surface area contributed by atoms with Gasteiger partial charge in [0, 0.05) is 23.7 Å². The molecule has 2 aromatic heterocycles. The Labute approximate surface area is 115 Å². The number of rotatable bonds is 3. The van der Waals surface area contributed by atoms with E-state index in [0.717, 1.165) is 10.9 Å². The molecule has 0 radical (unpaired) electrons. The number of carbonyl (C=O) groups excluding carboxylic acids is 1. The molecule has 0 spiro atoms. The fraction of sp³-hybridized carbons (Fsp3) is 0.0714. The predicted octanol–water partition coefficient (Wildman–Crippen LogP) is 1.67. The molecule has 0 unspecified atom stereocenters. The maximum absolute atomic E-state index is 12.2.